The molecule has 0 amide bonds. The summed E-state index contributed by atoms with van der Waals surface area (Å²) in [6.07, 6.45) is 9.93. The van der Waals surface area contributed by atoms with Crippen molar-refractivity contribution in [3.63, 3.8) is 0 Å². The van der Waals surface area contributed by atoms with Gasteiger partial charge in [-0.05, 0) is 63.7 Å². The van der Waals surface area contributed by atoms with Crippen molar-refractivity contribution in [1.82, 2.24) is 14.3 Å². The molecule has 3 heteroatoms. The molecule has 3 nitrogen and oxygen atoms in total. The van der Waals surface area contributed by atoms with Gasteiger partial charge in [0.25, 0.3) is 0 Å². The summed E-state index contributed by atoms with van der Waals surface area (Å²) in [7, 11) is 0. The van der Waals surface area contributed by atoms with Crippen LogP contribution in [0.1, 0.15) is 13.3 Å². The third-order valence-electron chi connectivity index (χ3n) is 8.98. The summed E-state index contributed by atoms with van der Waals surface area (Å²) < 4.78 is 4.74. The van der Waals surface area contributed by atoms with E-state index in [4.69, 9.17) is 5.10 Å². The predicted octanol–water partition coefficient (Wildman–Crippen LogP) is 9.46. The fourth-order valence-electron chi connectivity index (χ4n) is 7.20. The van der Waals surface area contributed by atoms with Crippen molar-refractivity contribution in [3.8, 4) is 28.1 Å². The molecular formula is C37H27N3. The van der Waals surface area contributed by atoms with Crippen LogP contribution >= 0.6 is 0 Å². The molecule has 2 aliphatic rings. The summed E-state index contributed by atoms with van der Waals surface area (Å²) >= 11 is 0. The summed E-state index contributed by atoms with van der Waals surface area (Å²) in [5.41, 5.74) is 8.68. The van der Waals surface area contributed by atoms with Gasteiger partial charge in [-0.25, -0.2) is 4.68 Å². The molecule has 2 aromatic heterocycles. The number of rotatable bonds is 3. The van der Waals surface area contributed by atoms with Crippen molar-refractivity contribution in [1.29, 1.82) is 0 Å². The van der Waals surface area contributed by atoms with E-state index in [1.807, 2.05) is 0 Å². The SMILES string of the molecule is CC1(Cn2nc3ccccc3c2-n2c3cccc4c3c3c5c(cccc5ccc32)-c2ccccc2-4)C=CC=CC1. The Hall–Kier alpha value is -4.89. The van der Waals surface area contributed by atoms with Crippen LogP contribution in [-0.4, -0.2) is 14.3 Å². The molecule has 0 saturated heterocycles. The van der Waals surface area contributed by atoms with Crippen molar-refractivity contribution >= 4 is 43.5 Å². The van der Waals surface area contributed by atoms with E-state index >= 15 is 0 Å². The van der Waals surface area contributed by atoms with Crippen LogP contribution in [0, 0.1) is 5.41 Å². The Bertz CT molecular complexity index is 2240. The molecule has 190 valence electrons. The summed E-state index contributed by atoms with van der Waals surface area (Å²) in [5.74, 6) is 1.14. The van der Waals surface area contributed by atoms with Crippen molar-refractivity contribution in [2.75, 3.05) is 0 Å². The molecule has 0 spiro atoms. The minimum atomic E-state index is -0.000291. The van der Waals surface area contributed by atoms with Gasteiger partial charge in [-0.2, -0.15) is 5.10 Å². The first-order valence-electron chi connectivity index (χ1n) is 14.1. The fourth-order valence-corrected chi connectivity index (χ4v) is 7.20. The van der Waals surface area contributed by atoms with Crippen LogP contribution < -0.4 is 0 Å². The van der Waals surface area contributed by atoms with E-state index in [1.54, 1.807) is 0 Å². The van der Waals surface area contributed by atoms with Gasteiger partial charge in [-0.3, -0.25) is 4.57 Å². The first kappa shape index (κ1) is 22.0. The Kier molecular flexibility index (Phi) is 4.30. The summed E-state index contributed by atoms with van der Waals surface area (Å²) in [6.45, 7) is 3.14. The Morgan fingerprint density at radius 2 is 1.40 bits per heavy atom. The highest BCUT2D eigenvalue weighted by Gasteiger charge is 2.29. The van der Waals surface area contributed by atoms with Crippen LogP contribution in [0.4, 0.5) is 0 Å². The Morgan fingerprint density at radius 3 is 2.23 bits per heavy atom. The fraction of sp³-hybridized carbons (Fsp3) is 0.108. The smallest absolute Gasteiger partial charge is 0.143 e. The van der Waals surface area contributed by atoms with Crippen molar-refractivity contribution < 1.29 is 0 Å². The second-order valence-corrected chi connectivity index (χ2v) is 11.6. The van der Waals surface area contributed by atoms with Crippen molar-refractivity contribution in [3.05, 3.63) is 121 Å². The minimum Gasteiger partial charge on any atom is -0.293 e. The standard InChI is InChI=1S/C37H27N3/c1-37(21-7-2-8-22-37)23-39-36(29-14-5-6-17-30(29)38-39)40-31-18-10-16-28-26-13-4-3-12-25(26)27-15-9-11-24-19-20-32(40)35(33(24)27)34(28)31/h2-21H,22-23H2,1H3. The number of allylic oxidation sites excluding steroid dienone is 4. The lowest BCUT2D eigenvalue weighted by Crippen LogP contribution is -2.24. The predicted molar refractivity (Wildman–Crippen MR) is 167 cm³/mol. The maximum atomic E-state index is 5.21. The zero-order chi connectivity index (χ0) is 26.4. The van der Waals surface area contributed by atoms with E-state index in [-0.39, 0.29) is 5.41 Å². The first-order valence-corrected chi connectivity index (χ1v) is 14.1. The van der Waals surface area contributed by atoms with E-state index in [9.17, 15) is 0 Å². The summed E-state index contributed by atoms with van der Waals surface area (Å²) in [6, 6.07) is 35.6. The van der Waals surface area contributed by atoms with Gasteiger partial charge >= 0.3 is 0 Å². The van der Waals surface area contributed by atoms with Gasteiger partial charge in [-0.1, -0.05) is 104 Å². The van der Waals surface area contributed by atoms with E-state index in [2.05, 4.69) is 138 Å². The average molecular weight is 514 g/mol. The summed E-state index contributed by atoms with van der Waals surface area (Å²) in [4.78, 5) is 0. The lowest BCUT2D eigenvalue weighted by atomic mass is 9.84. The van der Waals surface area contributed by atoms with Crippen molar-refractivity contribution in [2.45, 2.75) is 19.9 Å². The number of aromatic nitrogens is 3. The van der Waals surface area contributed by atoms with Crippen molar-refractivity contribution in [2.24, 2.45) is 5.41 Å². The van der Waals surface area contributed by atoms with Gasteiger partial charge in [0.05, 0.1) is 23.1 Å². The maximum absolute atomic E-state index is 5.21. The molecule has 5 aromatic carbocycles. The van der Waals surface area contributed by atoms with E-state index in [0.29, 0.717) is 0 Å². The number of hydrogen-bond donors (Lipinski definition) is 0. The topological polar surface area (TPSA) is 22.8 Å². The molecule has 40 heavy (non-hydrogen) atoms. The molecule has 1 unspecified atom stereocenters. The second kappa shape index (κ2) is 7.83. The van der Waals surface area contributed by atoms with E-state index in [1.165, 1.54) is 60.2 Å². The van der Waals surface area contributed by atoms with Crippen LogP contribution in [0.5, 0.6) is 0 Å². The molecule has 0 saturated carbocycles. The molecule has 1 atom stereocenters. The highest BCUT2D eigenvalue weighted by Crippen LogP contribution is 2.50. The second-order valence-electron chi connectivity index (χ2n) is 11.6. The monoisotopic (exact) mass is 513 g/mol. The quantitative estimate of drug-likeness (QED) is 0.231. The molecule has 2 aliphatic carbocycles. The Labute approximate surface area is 232 Å². The largest absolute Gasteiger partial charge is 0.293 e. The van der Waals surface area contributed by atoms with Gasteiger partial charge in [0, 0.05) is 21.6 Å². The molecule has 7 aromatic rings. The number of benzene rings is 5. The molecule has 2 heterocycles. The van der Waals surface area contributed by atoms with Crippen LogP contribution in [0.2, 0.25) is 0 Å². The highest BCUT2D eigenvalue weighted by atomic mass is 15.3. The third-order valence-corrected chi connectivity index (χ3v) is 8.98. The number of hydrogen-bond acceptors (Lipinski definition) is 1. The van der Waals surface area contributed by atoms with Crippen LogP contribution in [0.25, 0.3) is 71.6 Å². The van der Waals surface area contributed by atoms with Crippen LogP contribution in [0.15, 0.2) is 121 Å². The molecular weight excluding hydrogens is 486 g/mol. The minimum absolute atomic E-state index is 0.000291. The lowest BCUT2D eigenvalue weighted by Gasteiger charge is -2.27. The number of fused-ring (bicyclic) bond motifs is 4. The zero-order valence-corrected chi connectivity index (χ0v) is 22.3. The van der Waals surface area contributed by atoms with Gasteiger partial charge in [0.1, 0.15) is 5.82 Å². The number of nitrogens with zero attached hydrogens (tertiary/aromatic N) is 3. The maximum Gasteiger partial charge on any atom is 0.143 e. The molecule has 0 bridgehead atoms. The third kappa shape index (κ3) is 2.87. The normalized spacial score (nSPS) is 17.5. The molecule has 0 fully saturated rings. The van der Waals surface area contributed by atoms with Gasteiger partial charge in [0.15, 0.2) is 0 Å². The van der Waals surface area contributed by atoms with Gasteiger partial charge in [0.2, 0.25) is 0 Å². The highest BCUT2D eigenvalue weighted by molar-refractivity contribution is 6.30. The summed E-state index contributed by atoms with van der Waals surface area (Å²) in [5, 5.41) is 11.7. The first-order chi connectivity index (χ1) is 19.7. The molecule has 0 aliphatic heterocycles. The molecule has 9 rings (SSSR count). The Balaban J connectivity index is 1.46. The van der Waals surface area contributed by atoms with E-state index < -0.39 is 0 Å². The van der Waals surface area contributed by atoms with Crippen LogP contribution in [-0.2, 0) is 6.54 Å². The lowest BCUT2D eigenvalue weighted by molar-refractivity contribution is 0.339. The molecule has 0 radical (unpaired) electrons. The van der Waals surface area contributed by atoms with Gasteiger partial charge in [-0.15, -0.1) is 0 Å². The van der Waals surface area contributed by atoms with Crippen LogP contribution in [0.3, 0.4) is 0 Å². The van der Waals surface area contributed by atoms with Gasteiger partial charge < -0.3 is 0 Å². The van der Waals surface area contributed by atoms with E-state index in [0.717, 1.165) is 24.3 Å². The average Bonchev–Trinajstić information content (AvgIpc) is 3.47. The molecule has 0 N–H and O–H groups in total. The Morgan fingerprint density at radius 1 is 0.675 bits per heavy atom. The zero-order valence-electron chi connectivity index (χ0n) is 22.3.